The second-order valence-corrected chi connectivity index (χ2v) is 9.90. The number of urea groups is 1. The summed E-state index contributed by atoms with van der Waals surface area (Å²) in [6, 6.07) is 18.2. The Labute approximate surface area is 240 Å². The molecule has 7 nitrogen and oxygen atoms in total. The van der Waals surface area contributed by atoms with E-state index in [-0.39, 0.29) is 24.0 Å². The maximum absolute atomic E-state index is 13.2. The number of ether oxygens (including phenoxy) is 1. The largest absolute Gasteiger partial charge is 0.465 e. The SMILES string of the molecule is COC(=O)c1cccc(NC(=O)Nc2cccc(C(C)=O)c2)c1CCN1CCC(Cc2ccc(F)cc2)CC1.Cl. The fourth-order valence-electron chi connectivity index (χ4n) is 5.01. The second kappa shape index (κ2) is 14.6. The number of amides is 2. The number of piperidine rings is 1. The highest BCUT2D eigenvalue weighted by atomic mass is 35.5. The summed E-state index contributed by atoms with van der Waals surface area (Å²) in [5.74, 6) is -0.210. The summed E-state index contributed by atoms with van der Waals surface area (Å²) in [5, 5.41) is 5.62. The zero-order valence-corrected chi connectivity index (χ0v) is 23.6. The lowest BCUT2D eigenvalue weighted by atomic mass is 9.90. The van der Waals surface area contributed by atoms with Crippen LogP contribution in [0.1, 0.15) is 51.6 Å². The number of carbonyl (C=O) groups excluding carboxylic acids is 3. The average Bonchev–Trinajstić information content (AvgIpc) is 2.94. The number of methoxy groups -OCH3 is 1. The molecule has 1 saturated heterocycles. The standard InChI is InChI=1S/C31H34FN3O4.ClH/c1-21(36)24-5-3-6-26(20-24)33-31(38)34-29-8-4-7-28(30(37)39-2)27(29)15-18-35-16-13-23(14-17-35)19-22-9-11-25(32)12-10-22;/h3-12,20,23H,13-19H2,1-2H3,(H2,33,34,38);1H. The molecule has 3 aromatic rings. The first-order chi connectivity index (χ1) is 18.8. The number of halogens is 2. The van der Waals surface area contributed by atoms with Crippen LogP contribution in [0.5, 0.6) is 0 Å². The van der Waals surface area contributed by atoms with Crippen LogP contribution in [-0.4, -0.2) is 49.4 Å². The van der Waals surface area contributed by atoms with Crippen LogP contribution in [0.3, 0.4) is 0 Å². The molecule has 3 aromatic carbocycles. The zero-order valence-electron chi connectivity index (χ0n) is 22.7. The van der Waals surface area contributed by atoms with Crippen molar-refractivity contribution in [3.05, 3.63) is 94.8 Å². The van der Waals surface area contributed by atoms with Crippen LogP contribution in [0.4, 0.5) is 20.6 Å². The summed E-state index contributed by atoms with van der Waals surface area (Å²) in [6.45, 7) is 4.07. The highest BCUT2D eigenvalue weighted by Crippen LogP contribution is 2.25. The normalized spacial score (nSPS) is 13.7. The number of ketones is 1. The molecular formula is C31H35ClFN3O4. The van der Waals surface area contributed by atoms with Gasteiger partial charge < -0.3 is 20.3 Å². The van der Waals surface area contributed by atoms with E-state index in [9.17, 15) is 18.8 Å². The Bertz CT molecular complexity index is 1320. The van der Waals surface area contributed by atoms with Crippen LogP contribution in [-0.2, 0) is 17.6 Å². The molecule has 2 amide bonds. The van der Waals surface area contributed by atoms with Crippen molar-refractivity contribution in [1.82, 2.24) is 4.90 Å². The average molecular weight is 568 g/mol. The Kier molecular flexibility index (Phi) is 11.2. The van der Waals surface area contributed by atoms with Crippen LogP contribution in [0.15, 0.2) is 66.7 Å². The smallest absolute Gasteiger partial charge is 0.338 e. The number of Topliss-reactive ketones (excluding diaryl/α,β-unsaturated/α-hetero) is 1. The predicted molar refractivity (Wildman–Crippen MR) is 157 cm³/mol. The molecule has 0 bridgehead atoms. The Morgan fingerprint density at radius 3 is 2.35 bits per heavy atom. The van der Waals surface area contributed by atoms with Crippen LogP contribution in [0.25, 0.3) is 0 Å². The summed E-state index contributed by atoms with van der Waals surface area (Å²) in [6.07, 6.45) is 3.59. The highest BCUT2D eigenvalue weighted by Gasteiger charge is 2.22. The third kappa shape index (κ3) is 8.37. The predicted octanol–water partition coefficient (Wildman–Crippen LogP) is 6.38. The lowest BCUT2D eigenvalue weighted by molar-refractivity contribution is 0.0599. The molecule has 0 atom stereocenters. The lowest BCUT2D eigenvalue weighted by Crippen LogP contribution is -2.36. The minimum absolute atomic E-state index is 0. The van der Waals surface area contributed by atoms with Crippen LogP contribution in [0, 0.1) is 11.7 Å². The molecule has 1 fully saturated rings. The third-order valence-electron chi connectivity index (χ3n) is 7.18. The van der Waals surface area contributed by atoms with Gasteiger partial charge in [-0.15, -0.1) is 12.4 Å². The lowest BCUT2D eigenvalue weighted by Gasteiger charge is -2.32. The maximum Gasteiger partial charge on any atom is 0.338 e. The number of rotatable bonds is 9. The number of likely N-dealkylation sites (tertiary alicyclic amines) is 1. The number of nitrogens with one attached hydrogen (secondary N) is 2. The van der Waals surface area contributed by atoms with Crippen LogP contribution >= 0.6 is 12.4 Å². The van der Waals surface area contributed by atoms with Crippen molar-refractivity contribution in [3.63, 3.8) is 0 Å². The molecule has 0 spiro atoms. The Morgan fingerprint density at radius 1 is 0.975 bits per heavy atom. The van der Waals surface area contributed by atoms with Gasteiger partial charge in [-0.3, -0.25) is 4.79 Å². The summed E-state index contributed by atoms with van der Waals surface area (Å²) < 4.78 is 18.2. The molecule has 1 aliphatic heterocycles. The third-order valence-corrected chi connectivity index (χ3v) is 7.18. The van der Waals surface area contributed by atoms with Gasteiger partial charge in [-0.1, -0.05) is 30.3 Å². The summed E-state index contributed by atoms with van der Waals surface area (Å²) in [7, 11) is 1.34. The van der Waals surface area contributed by atoms with Crippen LogP contribution in [0.2, 0.25) is 0 Å². The van der Waals surface area contributed by atoms with Crippen molar-refractivity contribution in [2.24, 2.45) is 5.92 Å². The van der Waals surface area contributed by atoms with Crippen molar-refractivity contribution in [2.45, 2.75) is 32.6 Å². The molecule has 0 unspecified atom stereocenters. The monoisotopic (exact) mass is 567 g/mol. The quantitative estimate of drug-likeness (QED) is 0.231. The highest BCUT2D eigenvalue weighted by molar-refractivity contribution is 6.03. The van der Waals surface area contributed by atoms with Gasteiger partial charge in [-0.2, -0.15) is 0 Å². The molecule has 2 N–H and O–H groups in total. The number of anilines is 2. The number of benzene rings is 3. The number of carbonyl (C=O) groups is 3. The zero-order chi connectivity index (χ0) is 27.8. The van der Waals surface area contributed by atoms with Gasteiger partial charge in [0.25, 0.3) is 0 Å². The van der Waals surface area contributed by atoms with Crippen molar-refractivity contribution >= 4 is 41.6 Å². The van der Waals surface area contributed by atoms with E-state index in [2.05, 4.69) is 15.5 Å². The fraction of sp³-hybridized carbons (Fsp3) is 0.323. The van der Waals surface area contributed by atoms with E-state index in [0.29, 0.717) is 40.4 Å². The second-order valence-electron chi connectivity index (χ2n) is 9.90. The molecule has 0 saturated carbocycles. The van der Waals surface area contributed by atoms with E-state index in [0.717, 1.165) is 44.5 Å². The van der Waals surface area contributed by atoms with Gasteiger partial charge in [0.05, 0.1) is 12.7 Å². The van der Waals surface area contributed by atoms with Crippen molar-refractivity contribution in [3.8, 4) is 0 Å². The summed E-state index contributed by atoms with van der Waals surface area (Å²) in [4.78, 5) is 39.4. The summed E-state index contributed by atoms with van der Waals surface area (Å²) >= 11 is 0. The fourth-order valence-corrected chi connectivity index (χ4v) is 5.01. The van der Waals surface area contributed by atoms with E-state index < -0.39 is 12.0 Å². The van der Waals surface area contributed by atoms with Crippen molar-refractivity contribution in [1.29, 1.82) is 0 Å². The van der Waals surface area contributed by atoms with Gasteiger partial charge in [-0.25, -0.2) is 14.0 Å². The Balaban J connectivity index is 0.00000441. The molecule has 1 aliphatic rings. The molecule has 9 heteroatoms. The molecular weight excluding hydrogens is 533 g/mol. The Morgan fingerprint density at radius 2 is 1.68 bits per heavy atom. The molecule has 212 valence electrons. The number of esters is 1. The van der Waals surface area contributed by atoms with Gasteiger partial charge in [-0.05, 0) is 99.1 Å². The van der Waals surface area contributed by atoms with Gasteiger partial charge in [0.15, 0.2) is 5.78 Å². The molecule has 4 rings (SSSR count). The topological polar surface area (TPSA) is 87.7 Å². The van der Waals surface area contributed by atoms with Gasteiger partial charge >= 0.3 is 12.0 Å². The van der Waals surface area contributed by atoms with E-state index in [1.54, 1.807) is 42.5 Å². The van der Waals surface area contributed by atoms with Crippen molar-refractivity contribution in [2.75, 3.05) is 37.4 Å². The van der Waals surface area contributed by atoms with Gasteiger partial charge in [0.1, 0.15) is 5.82 Å². The van der Waals surface area contributed by atoms with E-state index in [1.807, 2.05) is 12.1 Å². The number of hydrogen-bond acceptors (Lipinski definition) is 5. The number of nitrogens with zero attached hydrogens (tertiary/aromatic N) is 1. The molecule has 0 aliphatic carbocycles. The van der Waals surface area contributed by atoms with E-state index in [4.69, 9.17) is 4.74 Å². The summed E-state index contributed by atoms with van der Waals surface area (Å²) in [5.41, 5.74) is 3.82. The van der Waals surface area contributed by atoms with Gasteiger partial charge in [0, 0.05) is 23.5 Å². The van der Waals surface area contributed by atoms with Crippen molar-refractivity contribution < 1.29 is 23.5 Å². The molecule has 40 heavy (non-hydrogen) atoms. The first-order valence-electron chi connectivity index (χ1n) is 13.2. The van der Waals surface area contributed by atoms with E-state index >= 15 is 0 Å². The maximum atomic E-state index is 13.2. The first-order valence-corrected chi connectivity index (χ1v) is 13.2. The molecule has 0 aromatic heterocycles. The van der Waals surface area contributed by atoms with Crippen LogP contribution < -0.4 is 10.6 Å². The molecule has 0 radical (unpaired) electrons. The minimum atomic E-state index is -0.472. The minimum Gasteiger partial charge on any atom is -0.465 e. The Hall–Kier alpha value is -3.75. The van der Waals surface area contributed by atoms with Gasteiger partial charge in [0.2, 0.25) is 0 Å². The number of hydrogen-bond donors (Lipinski definition) is 2. The van der Waals surface area contributed by atoms with E-state index in [1.165, 1.54) is 26.2 Å². The molecule has 1 heterocycles. The first kappa shape index (κ1) is 30.8.